The van der Waals surface area contributed by atoms with Crippen molar-refractivity contribution >= 4 is 34.5 Å². The van der Waals surface area contributed by atoms with E-state index in [9.17, 15) is 4.79 Å². The van der Waals surface area contributed by atoms with Crippen LogP contribution in [0, 0.1) is 0 Å². The molecule has 116 valence electrons. The van der Waals surface area contributed by atoms with Crippen LogP contribution in [0.15, 0.2) is 65.4 Å². The molecule has 0 aliphatic heterocycles. The number of carbonyl (C=O) groups is 1. The molecule has 1 N–H and O–H groups in total. The molecule has 0 spiro atoms. The lowest BCUT2D eigenvalue weighted by Crippen LogP contribution is -2.14. The zero-order chi connectivity index (χ0) is 16.1. The summed E-state index contributed by atoms with van der Waals surface area (Å²) in [4.78, 5) is 12.2. The average Bonchev–Trinajstić information content (AvgIpc) is 3.04. The Morgan fingerprint density at radius 1 is 1.13 bits per heavy atom. The Labute approximate surface area is 143 Å². The number of thiophene rings is 1. The molecule has 3 aromatic rings. The third-order valence-electron chi connectivity index (χ3n) is 3.13. The predicted octanol–water partition coefficient (Wildman–Crippen LogP) is 5.38. The van der Waals surface area contributed by atoms with Gasteiger partial charge in [0, 0.05) is 5.02 Å². The lowest BCUT2D eigenvalue weighted by atomic mass is 10.2. The fourth-order valence-corrected chi connectivity index (χ4v) is 2.92. The maximum Gasteiger partial charge on any atom is 0.228 e. The molecular weight excluding hydrogens is 330 g/mol. The molecule has 0 aliphatic rings. The second kappa shape index (κ2) is 7.31. The molecule has 0 atom stereocenters. The van der Waals surface area contributed by atoms with E-state index in [2.05, 4.69) is 5.32 Å². The number of nitrogens with one attached hydrogen (secondary N) is 1. The van der Waals surface area contributed by atoms with Crippen molar-refractivity contribution in [1.82, 2.24) is 0 Å². The van der Waals surface area contributed by atoms with E-state index < -0.39 is 0 Å². The Kier molecular flexibility index (Phi) is 4.95. The Morgan fingerprint density at radius 3 is 2.70 bits per heavy atom. The lowest BCUT2D eigenvalue weighted by molar-refractivity contribution is -0.115. The van der Waals surface area contributed by atoms with Gasteiger partial charge in [0.05, 0.1) is 12.1 Å². The molecule has 0 saturated heterocycles. The lowest BCUT2D eigenvalue weighted by Gasteiger charge is -2.12. The summed E-state index contributed by atoms with van der Waals surface area (Å²) in [5, 5.41) is 7.31. The van der Waals surface area contributed by atoms with Gasteiger partial charge in [-0.15, -0.1) is 0 Å². The van der Waals surface area contributed by atoms with Crippen LogP contribution in [0.4, 0.5) is 5.69 Å². The van der Waals surface area contributed by atoms with Gasteiger partial charge in [-0.05, 0) is 52.7 Å². The van der Waals surface area contributed by atoms with E-state index >= 15 is 0 Å². The van der Waals surface area contributed by atoms with Crippen LogP contribution in [0.1, 0.15) is 5.56 Å². The second-order valence-corrected chi connectivity index (χ2v) is 6.13. The fourth-order valence-electron chi connectivity index (χ4n) is 2.08. The highest BCUT2D eigenvalue weighted by molar-refractivity contribution is 7.08. The van der Waals surface area contributed by atoms with Gasteiger partial charge in [0.25, 0.3) is 0 Å². The maximum atomic E-state index is 12.2. The number of halogens is 1. The highest BCUT2D eigenvalue weighted by Gasteiger charge is 2.11. The summed E-state index contributed by atoms with van der Waals surface area (Å²) in [5.74, 6) is 1.14. The Bertz CT molecular complexity index is 788. The quantitative estimate of drug-likeness (QED) is 0.675. The van der Waals surface area contributed by atoms with Crippen LogP contribution in [0.3, 0.4) is 0 Å². The SMILES string of the molecule is O=C(Cc1ccsc1)Nc1cc(Cl)ccc1Oc1ccccc1. The van der Waals surface area contributed by atoms with Gasteiger partial charge in [-0.2, -0.15) is 11.3 Å². The first-order valence-corrected chi connectivity index (χ1v) is 8.36. The molecule has 1 heterocycles. The molecule has 0 unspecified atom stereocenters. The van der Waals surface area contributed by atoms with Crippen molar-refractivity contribution in [3.05, 3.63) is 75.9 Å². The van der Waals surface area contributed by atoms with E-state index in [0.717, 1.165) is 5.56 Å². The number of rotatable bonds is 5. The molecule has 3 nitrogen and oxygen atoms in total. The molecule has 0 bridgehead atoms. The minimum atomic E-state index is -0.108. The van der Waals surface area contributed by atoms with Crippen LogP contribution in [0.2, 0.25) is 5.02 Å². The number of para-hydroxylation sites is 1. The molecule has 3 rings (SSSR count). The summed E-state index contributed by atoms with van der Waals surface area (Å²) in [6.07, 6.45) is 0.320. The van der Waals surface area contributed by atoms with Crippen molar-refractivity contribution in [2.75, 3.05) is 5.32 Å². The van der Waals surface area contributed by atoms with Crippen LogP contribution in [0.25, 0.3) is 0 Å². The van der Waals surface area contributed by atoms with Crippen molar-refractivity contribution in [2.45, 2.75) is 6.42 Å². The van der Waals surface area contributed by atoms with Crippen molar-refractivity contribution in [1.29, 1.82) is 0 Å². The summed E-state index contributed by atoms with van der Waals surface area (Å²) >= 11 is 7.61. The molecule has 0 aliphatic carbocycles. The monoisotopic (exact) mass is 343 g/mol. The van der Waals surface area contributed by atoms with E-state index in [-0.39, 0.29) is 5.91 Å². The van der Waals surface area contributed by atoms with Crippen LogP contribution in [0.5, 0.6) is 11.5 Å². The van der Waals surface area contributed by atoms with Gasteiger partial charge >= 0.3 is 0 Å². The van der Waals surface area contributed by atoms with Gasteiger partial charge in [0.1, 0.15) is 5.75 Å². The van der Waals surface area contributed by atoms with Gasteiger partial charge in [-0.25, -0.2) is 0 Å². The Hall–Kier alpha value is -2.30. The number of anilines is 1. The Morgan fingerprint density at radius 2 is 1.96 bits per heavy atom. The van der Waals surface area contributed by atoms with Crippen LogP contribution < -0.4 is 10.1 Å². The number of benzene rings is 2. The summed E-state index contributed by atoms with van der Waals surface area (Å²) in [7, 11) is 0. The maximum absolute atomic E-state index is 12.2. The number of hydrogen-bond donors (Lipinski definition) is 1. The van der Waals surface area contributed by atoms with Crippen LogP contribution in [-0.2, 0) is 11.2 Å². The zero-order valence-corrected chi connectivity index (χ0v) is 13.7. The average molecular weight is 344 g/mol. The Balaban J connectivity index is 1.77. The summed E-state index contributed by atoms with van der Waals surface area (Å²) in [5.41, 5.74) is 1.54. The number of amides is 1. The van der Waals surface area contributed by atoms with Crippen LogP contribution in [-0.4, -0.2) is 5.91 Å². The molecule has 2 aromatic carbocycles. The molecule has 0 fully saturated rings. The van der Waals surface area contributed by atoms with E-state index in [0.29, 0.717) is 28.6 Å². The minimum Gasteiger partial charge on any atom is -0.455 e. The normalized spacial score (nSPS) is 10.3. The number of ether oxygens (including phenoxy) is 1. The largest absolute Gasteiger partial charge is 0.455 e. The first-order chi connectivity index (χ1) is 11.2. The van der Waals surface area contributed by atoms with Gasteiger partial charge < -0.3 is 10.1 Å². The van der Waals surface area contributed by atoms with Crippen molar-refractivity contribution in [2.24, 2.45) is 0 Å². The minimum absolute atomic E-state index is 0.108. The number of carbonyl (C=O) groups excluding carboxylic acids is 1. The first-order valence-electron chi connectivity index (χ1n) is 7.04. The summed E-state index contributed by atoms with van der Waals surface area (Å²) < 4.78 is 5.83. The third-order valence-corrected chi connectivity index (χ3v) is 4.10. The molecular formula is C18H14ClNO2S. The molecule has 1 amide bonds. The fraction of sp³-hybridized carbons (Fsp3) is 0.0556. The van der Waals surface area contributed by atoms with E-state index in [4.69, 9.17) is 16.3 Å². The topological polar surface area (TPSA) is 38.3 Å². The van der Waals surface area contributed by atoms with Gasteiger partial charge in [-0.3, -0.25) is 4.79 Å². The number of hydrogen-bond acceptors (Lipinski definition) is 3. The smallest absolute Gasteiger partial charge is 0.228 e. The molecule has 0 radical (unpaired) electrons. The molecule has 5 heteroatoms. The standard InChI is InChI=1S/C18H14ClNO2S/c19-14-6-7-17(22-15-4-2-1-3-5-15)16(11-14)20-18(21)10-13-8-9-23-12-13/h1-9,11-12H,10H2,(H,20,21). The third kappa shape index (κ3) is 4.34. The highest BCUT2D eigenvalue weighted by Crippen LogP contribution is 2.32. The van der Waals surface area contributed by atoms with E-state index in [1.807, 2.05) is 47.2 Å². The zero-order valence-electron chi connectivity index (χ0n) is 12.2. The molecule has 23 heavy (non-hydrogen) atoms. The first kappa shape index (κ1) is 15.6. The van der Waals surface area contributed by atoms with E-state index in [1.54, 1.807) is 29.5 Å². The van der Waals surface area contributed by atoms with Gasteiger partial charge in [0.2, 0.25) is 5.91 Å². The summed E-state index contributed by atoms with van der Waals surface area (Å²) in [6.45, 7) is 0. The second-order valence-electron chi connectivity index (χ2n) is 4.91. The predicted molar refractivity (Wildman–Crippen MR) is 94.6 cm³/mol. The molecule has 1 aromatic heterocycles. The summed E-state index contributed by atoms with van der Waals surface area (Å²) in [6, 6.07) is 16.5. The highest BCUT2D eigenvalue weighted by atomic mass is 35.5. The van der Waals surface area contributed by atoms with Gasteiger partial charge in [-0.1, -0.05) is 29.8 Å². The van der Waals surface area contributed by atoms with Crippen molar-refractivity contribution in [3.63, 3.8) is 0 Å². The molecule has 0 saturated carbocycles. The van der Waals surface area contributed by atoms with Crippen LogP contribution >= 0.6 is 22.9 Å². The van der Waals surface area contributed by atoms with E-state index in [1.165, 1.54) is 0 Å². The van der Waals surface area contributed by atoms with Gasteiger partial charge in [0.15, 0.2) is 5.75 Å². The van der Waals surface area contributed by atoms with Crippen molar-refractivity contribution in [3.8, 4) is 11.5 Å². The van der Waals surface area contributed by atoms with Crippen molar-refractivity contribution < 1.29 is 9.53 Å².